The van der Waals surface area contributed by atoms with Crippen LogP contribution in [0.5, 0.6) is 0 Å². The lowest BCUT2D eigenvalue weighted by Gasteiger charge is -2.21. The lowest BCUT2D eigenvalue weighted by molar-refractivity contribution is -0.678. The predicted molar refractivity (Wildman–Crippen MR) is 223 cm³/mol. The summed E-state index contributed by atoms with van der Waals surface area (Å²) >= 11 is 1.58. The molecule has 0 spiro atoms. The molecule has 1 aliphatic heterocycles. The van der Waals surface area contributed by atoms with E-state index in [1.54, 1.807) is 11.8 Å². The molecule has 288 valence electrons. The molecule has 0 amide bonds. The molecule has 7 aromatic rings. The van der Waals surface area contributed by atoms with Gasteiger partial charge in [-0.1, -0.05) is 55.1 Å². The van der Waals surface area contributed by atoms with Crippen LogP contribution in [-0.4, -0.2) is 52.6 Å². The molecule has 56 heavy (non-hydrogen) atoms. The predicted octanol–water partition coefficient (Wildman–Crippen LogP) is 8.80. The number of para-hydroxylation sites is 2. The molecule has 14 heteroatoms. The summed E-state index contributed by atoms with van der Waals surface area (Å²) < 4.78 is 79.6. The Balaban J connectivity index is 1.19. The smallest absolute Gasteiger partial charge is 0.374 e. The van der Waals surface area contributed by atoms with Gasteiger partial charge in [-0.15, -0.1) is 0 Å². The molecule has 8 rings (SSSR count). The minimum Gasteiger partial charge on any atom is -0.398 e. The minimum absolute atomic E-state index is 0.157. The van der Waals surface area contributed by atoms with Crippen LogP contribution >= 0.6 is 11.8 Å². The van der Waals surface area contributed by atoms with E-state index in [0.717, 1.165) is 59.9 Å². The maximum atomic E-state index is 12.0. The first kappa shape index (κ1) is 37.8. The van der Waals surface area contributed by atoms with E-state index in [2.05, 4.69) is 74.7 Å². The lowest BCUT2D eigenvalue weighted by atomic mass is 10.1. The highest BCUT2D eigenvalue weighted by Crippen LogP contribution is 2.47. The van der Waals surface area contributed by atoms with Crippen LogP contribution in [0.4, 0.5) is 5.69 Å². The summed E-state index contributed by atoms with van der Waals surface area (Å²) in [6.07, 6.45) is 9.07. The van der Waals surface area contributed by atoms with Crippen molar-refractivity contribution >= 4 is 76.7 Å². The van der Waals surface area contributed by atoms with Gasteiger partial charge in [0.15, 0.2) is 6.54 Å². The van der Waals surface area contributed by atoms with E-state index in [0.29, 0.717) is 24.4 Å². The molecule has 2 N–H and O–H groups in total. The zero-order valence-corrected chi connectivity index (χ0v) is 33.3. The number of oxazole rings is 1. The molecule has 1 aliphatic rings. The SMILES string of the molecule is CCC(/C=C1\Sc2ccc(-n3ccc4ccccc43)cc2N1CCCS(=O)(=O)O)=C\c1oc2ccc(-n3ccc4ccccc43)cc2[n+]1CCC(C)S(=O)(=O)O. The number of benzene rings is 4. The molecule has 1 unspecified atom stereocenters. The van der Waals surface area contributed by atoms with E-state index < -0.39 is 25.5 Å². The number of nitrogens with zero attached hydrogens (tertiary/aromatic N) is 4. The topological polar surface area (TPSA) is 139 Å². The van der Waals surface area contributed by atoms with Gasteiger partial charge < -0.3 is 18.5 Å². The highest BCUT2D eigenvalue weighted by Gasteiger charge is 2.29. The zero-order valence-electron chi connectivity index (χ0n) is 30.8. The fourth-order valence-corrected chi connectivity index (χ4v) is 9.24. The molecule has 3 aromatic heterocycles. The third-order valence-electron chi connectivity index (χ3n) is 10.3. The van der Waals surface area contributed by atoms with Crippen LogP contribution < -0.4 is 9.47 Å². The number of allylic oxidation sites excluding steroid dienone is 2. The molecule has 0 saturated carbocycles. The van der Waals surface area contributed by atoms with E-state index in [1.807, 2.05) is 72.4 Å². The molecule has 11 nitrogen and oxygen atoms in total. The summed E-state index contributed by atoms with van der Waals surface area (Å²) in [5.74, 6) is 0.155. The van der Waals surface area contributed by atoms with Crippen LogP contribution in [0.25, 0.3) is 50.4 Å². The first-order chi connectivity index (χ1) is 26.9. The van der Waals surface area contributed by atoms with E-state index in [9.17, 15) is 25.9 Å². The van der Waals surface area contributed by atoms with E-state index in [4.69, 9.17) is 4.42 Å². The Kier molecular flexibility index (Phi) is 10.2. The molecule has 4 aromatic carbocycles. The summed E-state index contributed by atoms with van der Waals surface area (Å²) in [5.41, 5.74) is 7.25. The van der Waals surface area contributed by atoms with E-state index in [1.165, 1.54) is 6.92 Å². The summed E-state index contributed by atoms with van der Waals surface area (Å²) in [7, 11) is -8.40. The maximum absolute atomic E-state index is 12.0. The number of aromatic nitrogens is 3. The van der Waals surface area contributed by atoms with Crippen molar-refractivity contribution in [1.29, 1.82) is 0 Å². The number of anilines is 1. The van der Waals surface area contributed by atoms with Crippen molar-refractivity contribution in [3.63, 3.8) is 0 Å². The number of hydrogen-bond donors (Lipinski definition) is 2. The highest BCUT2D eigenvalue weighted by atomic mass is 32.2. The van der Waals surface area contributed by atoms with E-state index in [-0.39, 0.29) is 25.1 Å². The average Bonchev–Trinajstić information content (AvgIpc) is 3.95. The molecule has 0 aliphatic carbocycles. The van der Waals surface area contributed by atoms with Crippen LogP contribution in [0.1, 0.15) is 39.0 Å². The first-order valence-corrected chi connectivity index (χ1v) is 22.3. The second kappa shape index (κ2) is 15.1. The van der Waals surface area contributed by atoms with Crippen molar-refractivity contribution in [2.75, 3.05) is 17.2 Å². The Labute approximate surface area is 329 Å². The van der Waals surface area contributed by atoms with Gasteiger partial charge in [-0.25, -0.2) is 0 Å². The van der Waals surface area contributed by atoms with Crippen LogP contribution in [0.15, 0.2) is 135 Å². The first-order valence-electron chi connectivity index (χ1n) is 18.4. The largest absolute Gasteiger partial charge is 0.398 e. The minimum atomic E-state index is -4.25. The number of fused-ring (bicyclic) bond motifs is 4. The summed E-state index contributed by atoms with van der Waals surface area (Å²) in [6, 6.07) is 32.6. The maximum Gasteiger partial charge on any atom is 0.374 e. The molecular formula is C42H41N4O7S3+. The number of thioether (sulfide) groups is 1. The molecule has 0 fully saturated rings. The third kappa shape index (κ3) is 7.67. The molecule has 0 radical (unpaired) electrons. The summed E-state index contributed by atoms with van der Waals surface area (Å²) in [4.78, 5) is 3.11. The van der Waals surface area contributed by atoms with Crippen LogP contribution in [0.3, 0.4) is 0 Å². The quantitative estimate of drug-likeness (QED) is 0.0865. The molecule has 0 bridgehead atoms. The van der Waals surface area contributed by atoms with Gasteiger partial charge in [0.25, 0.3) is 25.8 Å². The van der Waals surface area contributed by atoms with Crippen LogP contribution in [0, 0.1) is 0 Å². The standard InChI is InChI=1S/C42H40N4O7S3/c1-3-30(26-42-46(20-8-24-55(47,48)49)38-28-34(14-16-40(38)54-42)44-23-19-32-10-5-7-12-36(32)44)25-41-45(21-17-29(2)56(50,51)52)37-27-33(13-15-39(37)53-41)43-22-18-31-9-4-6-11-35(31)43/h4-7,9-16,18-19,22-23,25-29H,3,8,17,20-21,24H2,1-2H3,(H-,47,48,49,50,51,52)/p+1. The molecule has 4 heterocycles. The van der Waals surface area contributed by atoms with Gasteiger partial charge in [0.1, 0.15) is 0 Å². The Hall–Kier alpha value is -5.12. The second-order valence-corrected chi connectivity index (χ2v) is 18.4. The average molecular weight is 810 g/mol. The van der Waals surface area contributed by atoms with Crippen molar-refractivity contribution < 1.29 is 34.9 Å². The van der Waals surface area contributed by atoms with Gasteiger partial charge in [-0.05, 0) is 96.8 Å². The normalized spacial score (nSPS) is 15.1. The Bertz CT molecular complexity index is 2910. The third-order valence-corrected chi connectivity index (χ3v) is 13.4. The Morgan fingerprint density at radius 3 is 2.14 bits per heavy atom. The molecule has 0 saturated heterocycles. The Morgan fingerprint density at radius 2 is 1.50 bits per heavy atom. The van der Waals surface area contributed by atoms with Crippen LogP contribution in [0.2, 0.25) is 0 Å². The number of aryl methyl sites for hydroxylation is 1. The molecule has 1 atom stereocenters. The van der Waals surface area contributed by atoms with Gasteiger partial charge in [-0.3, -0.25) is 9.11 Å². The number of rotatable bonds is 13. The fraction of sp³-hybridized carbons (Fsp3) is 0.214. The number of hydrogen-bond acceptors (Lipinski definition) is 7. The van der Waals surface area contributed by atoms with Gasteiger partial charge in [-0.2, -0.15) is 21.4 Å². The van der Waals surface area contributed by atoms with Crippen molar-refractivity contribution in [2.45, 2.75) is 49.8 Å². The van der Waals surface area contributed by atoms with Gasteiger partial charge >= 0.3 is 5.89 Å². The van der Waals surface area contributed by atoms with Crippen LogP contribution in [-0.2, 0) is 26.8 Å². The Morgan fingerprint density at radius 1 is 0.857 bits per heavy atom. The van der Waals surface area contributed by atoms with Gasteiger partial charge in [0.05, 0.1) is 44.5 Å². The molecular weight excluding hydrogens is 769 g/mol. The van der Waals surface area contributed by atoms with Gasteiger partial charge in [0, 0.05) is 42.0 Å². The highest BCUT2D eigenvalue weighted by molar-refractivity contribution is 8.03. The summed E-state index contributed by atoms with van der Waals surface area (Å²) in [5, 5.41) is 2.13. The fourth-order valence-electron chi connectivity index (χ4n) is 7.20. The lowest BCUT2D eigenvalue weighted by Crippen LogP contribution is -2.37. The van der Waals surface area contributed by atoms with Crippen molar-refractivity contribution in [1.82, 2.24) is 9.13 Å². The van der Waals surface area contributed by atoms with E-state index >= 15 is 0 Å². The van der Waals surface area contributed by atoms with Crippen molar-refractivity contribution in [3.8, 4) is 11.4 Å². The second-order valence-electron chi connectivity index (χ2n) is 13.9. The summed E-state index contributed by atoms with van der Waals surface area (Å²) in [6.45, 7) is 4.15. The van der Waals surface area contributed by atoms with Crippen molar-refractivity contribution in [3.05, 3.63) is 132 Å². The zero-order chi connectivity index (χ0) is 39.2. The van der Waals surface area contributed by atoms with Crippen molar-refractivity contribution in [2.24, 2.45) is 0 Å². The van der Waals surface area contributed by atoms with Gasteiger partial charge in [0.2, 0.25) is 5.58 Å². The monoisotopic (exact) mass is 809 g/mol.